The van der Waals surface area contributed by atoms with E-state index in [1.807, 2.05) is 66.7 Å². The van der Waals surface area contributed by atoms with E-state index in [-0.39, 0.29) is 18.9 Å². The molecule has 2 N–H and O–H groups in total. The van der Waals surface area contributed by atoms with Crippen LogP contribution in [-0.2, 0) is 17.6 Å². The van der Waals surface area contributed by atoms with E-state index in [0.717, 1.165) is 28.0 Å². The summed E-state index contributed by atoms with van der Waals surface area (Å²) in [6, 6.07) is 25.7. The van der Waals surface area contributed by atoms with Crippen molar-refractivity contribution >= 4 is 5.91 Å². The fourth-order valence-corrected chi connectivity index (χ4v) is 3.23. The number of hydrogen-bond donors (Lipinski definition) is 2. The Kier molecular flexibility index (Phi) is 6.68. The summed E-state index contributed by atoms with van der Waals surface area (Å²) in [5.74, 6) is 0.674. The van der Waals surface area contributed by atoms with E-state index in [1.54, 1.807) is 14.0 Å². The van der Waals surface area contributed by atoms with E-state index in [1.165, 1.54) is 0 Å². The number of benzene rings is 3. The van der Waals surface area contributed by atoms with Gasteiger partial charge < -0.3 is 15.2 Å². The molecule has 0 fully saturated rings. The number of nitrogens with one attached hydrogen (secondary N) is 1. The molecule has 0 aliphatic rings. The molecule has 3 aromatic rings. The quantitative estimate of drug-likeness (QED) is 0.612. The SMILES string of the molecule is COc1ccc(C[C@](C)(O)CNC(=O)Cc2ccc(-c3ccccc3)cc2)cc1. The van der Waals surface area contributed by atoms with Gasteiger partial charge in [0.1, 0.15) is 5.75 Å². The Morgan fingerprint density at radius 3 is 2.10 bits per heavy atom. The first-order valence-corrected chi connectivity index (χ1v) is 9.71. The summed E-state index contributed by atoms with van der Waals surface area (Å²) in [5, 5.41) is 13.5. The van der Waals surface area contributed by atoms with Crippen LogP contribution in [0.15, 0.2) is 78.9 Å². The lowest BCUT2D eigenvalue weighted by molar-refractivity contribution is -0.121. The van der Waals surface area contributed by atoms with Gasteiger partial charge in [-0.2, -0.15) is 0 Å². The van der Waals surface area contributed by atoms with Crippen molar-refractivity contribution in [2.24, 2.45) is 0 Å². The number of hydrogen-bond acceptors (Lipinski definition) is 3. The predicted molar refractivity (Wildman–Crippen MR) is 116 cm³/mol. The monoisotopic (exact) mass is 389 g/mol. The fourth-order valence-electron chi connectivity index (χ4n) is 3.23. The van der Waals surface area contributed by atoms with Gasteiger partial charge in [-0.1, -0.05) is 66.7 Å². The normalized spacial score (nSPS) is 12.8. The first-order chi connectivity index (χ1) is 13.9. The Bertz CT molecular complexity index is 917. The first kappa shape index (κ1) is 20.6. The van der Waals surface area contributed by atoms with Crippen LogP contribution in [0.5, 0.6) is 5.75 Å². The van der Waals surface area contributed by atoms with Crippen molar-refractivity contribution in [2.45, 2.75) is 25.4 Å². The van der Waals surface area contributed by atoms with Crippen LogP contribution in [0.3, 0.4) is 0 Å². The molecule has 0 unspecified atom stereocenters. The van der Waals surface area contributed by atoms with Gasteiger partial charge in [0, 0.05) is 13.0 Å². The highest BCUT2D eigenvalue weighted by molar-refractivity contribution is 5.79. The van der Waals surface area contributed by atoms with Gasteiger partial charge in [-0.25, -0.2) is 0 Å². The summed E-state index contributed by atoms with van der Waals surface area (Å²) in [7, 11) is 1.62. The number of carbonyl (C=O) groups excluding carboxylic acids is 1. The highest BCUT2D eigenvalue weighted by atomic mass is 16.5. The minimum atomic E-state index is -1.03. The molecule has 0 saturated carbocycles. The van der Waals surface area contributed by atoms with Crippen molar-refractivity contribution < 1.29 is 14.6 Å². The van der Waals surface area contributed by atoms with E-state index >= 15 is 0 Å². The molecule has 4 nitrogen and oxygen atoms in total. The third-order valence-corrected chi connectivity index (χ3v) is 4.84. The summed E-state index contributed by atoms with van der Waals surface area (Å²) in [5.41, 5.74) is 3.18. The van der Waals surface area contributed by atoms with Crippen molar-refractivity contribution in [3.63, 3.8) is 0 Å². The molecular formula is C25H27NO3. The Hall–Kier alpha value is -3.11. The zero-order valence-electron chi connectivity index (χ0n) is 16.9. The van der Waals surface area contributed by atoms with Gasteiger partial charge in [-0.05, 0) is 41.3 Å². The molecule has 0 bridgehead atoms. The highest BCUT2D eigenvalue weighted by Crippen LogP contribution is 2.20. The zero-order valence-corrected chi connectivity index (χ0v) is 16.9. The number of ether oxygens (including phenoxy) is 1. The van der Waals surface area contributed by atoms with Gasteiger partial charge in [0.15, 0.2) is 0 Å². The minimum Gasteiger partial charge on any atom is -0.497 e. The Morgan fingerprint density at radius 2 is 1.48 bits per heavy atom. The maximum atomic E-state index is 12.3. The summed E-state index contributed by atoms with van der Waals surface area (Å²) in [4.78, 5) is 12.3. The van der Waals surface area contributed by atoms with Crippen LogP contribution in [-0.4, -0.2) is 30.3 Å². The van der Waals surface area contributed by atoms with Crippen LogP contribution >= 0.6 is 0 Å². The molecule has 0 saturated heterocycles. The lowest BCUT2D eigenvalue weighted by Gasteiger charge is -2.24. The van der Waals surface area contributed by atoms with Crippen LogP contribution in [0.25, 0.3) is 11.1 Å². The largest absolute Gasteiger partial charge is 0.497 e. The van der Waals surface area contributed by atoms with Crippen LogP contribution in [0.4, 0.5) is 0 Å². The van der Waals surface area contributed by atoms with Crippen LogP contribution in [0.1, 0.15) is 18.1 Å². The van der Waals surface area contributed by atoms with Crippen molar-refractivity contribution in [2.75, 3.05) is 13.7 Å². The third kappa shape index (κ3) is 6.19. The molecule has 3 aromatic carbocycles. The van der Waals surface area contributed by atoms with E-state index < -0.39 is 5.60 Å². The third-order valence-electron chi connectivity index (χ3n) is 4.84. The Morgan fingerprint density at radius 1 is 0.897 bits per heavy atom. The van der Waals surface area contributed by atoms with Gasteiger partial charge in [0.05, 0.1) is 19.1 Å². The summed E-state index contributed by atoms with van der Waals surface area (Å²) in [6.45, 7) is 1.92. The number of methoxy groups -OCH3 is 1. The smallest absolute Gasteiger partial charge is 0.224 e. The van der Waals surface area contributed by atoms with Crippen molar-refractivity contribution in [1.82, 2.24) is 5.32 Å². The lowest BCUT2D eigenvalue weighted by Crippen LogP contribution is -2.42. The average molecular weight is 389 g/mol. The number of aliphatic hydroxyl groups is 1. The molecule has 1 atom stereocenters. The van der Waals surface area contributed by atoms with E-state index in [2.05, 4.69) is 17.4 Å². The van der Waals surface area contributed by atoms with E-state index in [9.17, 15) is 9.90 Å². The zero-order chi connectivity index (χ0) is 20.7. The minimum absolute atomic E-state index is 0.104. The van der Waals surface area contributed by atoms with Crippen molar-refractivity contribution in [3.8, 4) is 16.9 Å². The first-order valence-electron chi connectivity index (χ1n) is 9.71. The second-order valence-corrected chi connectivity index (χ2v) is 7.54. The molecule has 150 valence electrons. The molecule has 0 aromatic heterocycles. The fraction of sp³-hybridized carbons (Fsp3) is 0.240. The summed E-state index contributed by atoms with van der Waals surface area (Å²) < 4.78 is 5.15. The molecule has 4 heteroatoms. The van der Waals surface area contributed by atoms with Crippen LogP contribution in [0.2, 0.25) is 0 Å². The average Bonchev–Trinajstić information content (AvgIpc) is 2.74. The van der Waals surface area contributed by atoms with Gasteiger partial charge >= 0.3 is 0 Å². The molecule has 1 amide bonds. The number of carbonyl (C=O) groups is 1. The van der Waals surface area contributed by atoms with Crippen LogP contribution < -0.4 is 10.1 Å². The second-order valence-electron chi connectivity index (χ2n) is 7.54. The molecule has 3 rings (SSSR count). The van der Waals surface area contributed by atoms with E-state index in [4.69, 9.17) is 4.74 Å². The summed E-state index contributed by atoms with van der Waals surface area (Å²) >= 11 is 0. The topological polar surface area (TPSA) is 58.6 Å². The molecular weight excluding hydrogens is 362 g/mol. The molecule has 29 heavy (non-hydrogen) atoms. The summed E-state index contributed by atoms with van der Waals surface area (Å²) in [6.07, 6.45) is 0.733. The second kappa shape index (κ2) is 9.39. The molecule has 0 radical (unpaired) electrons. The van der Waals surface area contributed by atoms with Gasteiger partial charge in [-0.15, -0.1) is 0 Å². The Labute approximate surface area is 172 Å². The van der Waals surface area contributed by atoms with Gasteiger partial charge in [-0.3, -0.25) is 4.79 Å². The molecule has 0 heterocycles. The van der Waals surface area contributed by atoms with Gasteiger partial charge in [0.25, 0.3) is 0 Å². The van der Waals surface area contributed by atoms with Crippen LogP contribution in [0, 0.1) is 0 Å². The molecule has 0 spiro atoms. The van der Waals surface area contributed by atoms with Crippen molar-refractivity contribution in [1.29, 1.82) is 0 Å². The lowest BCUT2D eigenvalue weighted by atomic mass is 9.96. The highest BCUT2D eigenvalue weighted by Gasteiger charge is 2.22. The van der Waals surface area contributed by atoms with Gasteiger partial charge in [0.2, 0.25) is 5.91 Å². The maximum absolute atomic E-state index is 12.3. The predicted octanol–water partition coefficient (Wildman–Crippen LogP) is 4.01. The molecule has 0 aliphatic heterocycles. The number of amides is 1. The maximum Gasteiger partial charge on any atom is 0.224 e. The van der Waals surface area contributed by atoms with E-state index in [0.29, 0.717) is 6.42 Å². The standard InChI is InChI=1S/C25H27NO3/c1-25(28,17-20-10-14-23(29-2)15-11-20)18-26-24(27)16-19-8-12-22(13-9-19)21-6-4-3-5-7-21/h3-15,28H,16-18H2,1-2H3,(H,26,27)/t25-/m0/s1. The van der Waals surface area contributed by atoms with Crippen molar-refractivity contribution in [3.05, 3.63) is 90.0 Å². The number of rotatable bonds is 8. The Balaban J connectivity index is 1.50. The molecule has 0 aliphatic carbocycles.